The van der Waals surface area contributed by atoms with Crippen molar-refractivity contribution < 1.29 is 0 Å². The van der Waals surface area contributed by atoms with Crippen molar-refractivity contribution in [3.05, 3.63) is 29.8 Å². The molecule has 118 valence electrons. The third-order valence-electron chi connectivity index (χ3n) is 4.86. The van der Waals surface area contributed by atoms with Crippen LogP contribution in [0.3, 0.4) is 0 Å². The molecule has 0 aliphatic heterocycles. The van der Waals surface area contributed by atoms with E-state index in [4.69, 9.17) is 0 Å². The first-order valence-corrected chi connectivity index (χ1v) is 8.79. The van der Waals surface area contributed by atoms with Crippen molar-refractivity contribution in [1.82, 2.24) is 5.32 Å². The number of hydrogen-bond donors (Lipinski definition) is 1. The minimum absolute atomic E-state index is 0.706. The zero-order valence-electron chi connectivity index (χ0n) is 14.1. The average Bonchev–Trinajstić information content (AvgIpc) is 2.72. The van der Waals surface area contributed by atoms with E-state index in [1.54, 1.807) is 0 Å². The Morgan fingerprint density at radius 1 is 1.05 bits per heavy atom. The Hall–Kier alpha value is -1.02. The number of anilines is 1. The molecule has 0 saturated heterocycles. The summed E-state index contributed by atoms with van der Waals surface area (Å²) in [6.07, 6.45) is 6.93. The molecule has 0 aromatic heterocycles. The Morgan fingerprint density at radius 3 is 2.43 bits per heavy atom. The molecule has 2 atom stereocenters. The molecule has 2 rings (SSSR count). The monoisotopic (exact) mass is 288 g/mol. The van der Waals surface area contributed by atoms with Crippen molar-refractivity contribution in [2.75, 3.05) is 24.5 Å². The quantitative estimate of drug-likeness (QED) is 0.782. The zero-order chi connectivity index (χ0) is 15.1. The van der Waals surface area contributed by atoms with Crippen molar-refractivity contribution in [1.29, 1.82) is 0 Å². The fraction of sp³-hybridized carbons (Fsp3) is 0.684. The number of aryl methyl sites for hydroxylation is 1. The second-order valence-electron chi connectivity index (χ2n) is 6.44. The van der Waals surface area contributed by atoms with Gasteiger partial charge in [-0.05, 0) is 51.3 Å². The SMILES string of the molecule is CCNC1CCCCCC1CN(CC)c1ccc(C)cc1. The van der Waals surface area contributed by atoms with E-state index >= 15 is 0 Å². The number of nitrogens with zero attached hydrogens (tertiary/aromatic N) is 1. The summed E-state index contributed by atoms with van der Waals surface area (Å²) in [6.45, 7) is 10.1. The lowest BCUT2D eigenvalue weighted by molar-refractivity contribution is 0.340. The fourth-order valence-electron chi connectivity index (χ4n) is 3.59. The maximum absolute atomic E-state index is 3.74. The molecular formula is C19H32N2. The molecule has 21 heavy (non-hydrogen) atoms. The van der Waals surface area contributed by atoms with Crippen LogP contribution in [0.5, 0.6) is 0 Å². The van der Waals surface area contributed by atoms with Crippen LogP contribution in [-0.4, -0.2) is 25.7 Å². The van der Waals surface area contributed by atoms with Gasteiger partial charge < -0.3 is 10.2 Å². The van der Waals surface area contributed by atoms with Crippen LogP contribution >= 0.6 is 0 Å². The third kappa shape index (κ3) is 4.74. The first kappa shape index (κ1) is 16.4. The summed E-state index contributed by atoms with van der Waals surface area (Å²) >= 11 is 0. The first-order valence-electron chi connectivity index (χ1n) is 8.79. The van der Waals surface area contributed by atoms with Crippen LogP contribution in [0.15, 0.2) is 24.3 Å². The lowest BCUT2D eigenvalue weighted by atomic mass is 9.93. The largest absolute Gasteiger partial charge is 0.371 e. The molecule has 1 aliphatic rings. The highest BCUT2D eigenvalue weighted by molar-refractivity contribution is 5.47. The van der Waals surface area contributed by atoms with Gasteiger partial charge >= 0.3 is 0 Å². The standard InChI is InChI=1S/C19H32N2/c1-4-20-19-10-8-6-7-9-17(19)15-21(5-2)18-13-11-16(3)12-14-18/h11-14,17,19-20H,4-10,15H2,1-3H3. The van der Waals surface area contributed by atoms with Crippen molar-refractivity contribution in [2.45, 2.75) is 58.9 Å². The van der Waals surface area contributed by atoms with Gasteiger partial charge in [0.25, 0.3) is 0 Å². The molecule has 2 heteroatoms. The van der Waals surface area contributed by atoms with Crippen LogP contribution in [-0.2, 0) is 0 Å². The minimum Gasteiger partial charge on any atom is -0.371 e. The summed E-state index contributed by atoms with van der Waals surface area (Å²) in [5.74, 6) is 0.786. The van der Waals surface area contributed by atoms with E-state index in [0.29, 0.717) is 6.04 Å². The van der Waals surface area contributed by atoms with Crippen LogP contribution in [0, 0.1) is 12.8 Å². The molecule has 2 nitrogen and oxygen atoms in total. The van der Waals surface area contributed by atoms with Gasteiger partial charge in [0.2, 0.25) is 0 Å². The number of hydrogen-bond acceptors (Lipinski definition) is 2. The molecular weight excluding hydrogens is 256 g/mol. The van der Waals surface area contributed by atoms with Gasteiger partial charge in [0.05, 0.1) is 0 Å². The molecule has 0 amide bonds. The molecule has 1 fully saturated rings. The van der Waals surface area contributed by atoms with Crippen molar-refractivity contribution in [3.8, 4) is 0 Å². The van der Waals surface area contributed by atoms with Crippen LogP contribution in [0.1, 0.15) is 51.5 Å². The summed E-state index contributed by atoms with van der Waals surface area (Å²) in [4.78, 5) is 2.56. The Morgan fingerprint density at radius 2 is 1.76 bits per heavy atom. The van der Waals surface area contributed by atoms with E-state index in [-0.39, 0.29) is 0 Å². The maximum Gasteiger partial charge on any atom is 0.0366 e. The van der Waals surface area contributed by atoms with E-state index in [2.05, 4.69) is 55.3 Å². The van der Waals surface area contributed by atoms with Crippen LogP contribution in [0.25, 0.3) is 0 Å². The molecule has 1 N–H and O–H groups in total. The Labute approximate surface area is 130 Å². The molecule has 0 heterocycles. The second kappa shape index (κ2) is 8.43. The molecule has 1 aromatic rings. The van der Waals surface area contributed by atoms with Crippen molar-refractivity contribution >= 4 is 5.69 Å². The Kier molecular flexibility index (Phi) is 6.56. The summed E-state index contributed by atoms with van der Waals surface area (Å²) < 4.78 is 0. The fourth-order valence-corrected chi connectivity index (χ4v) is 3.59. The Bertz CT molecular complexity index is 399. The van der Waals surface area contributed by atoms with Crippen LogP contribution in [0.4, 0.5) is 5.69 Å². The van der Waals surface area contributed by atoms with Gasteiger partial charge in [-0.1, -0.05) is 43.9 Å². The summed E-state index contributed by atoms with van der Waals surface area (Å²) in [5, 5.41) is 3.74. The van der Waals surface area contributed by atoms with Gasteiger partial charge in [0, 0.05) is 24.8 Å². The van der Waals surface area contributed by atoms with Gasteiger partial charge in [-0.3, -0.25) is 0 Å². The first-order chi connectivity index (χ1) is 10.2. The molecule has 1 aromatic carbocycles. The number of rotatable bonds is 6. The van der Waals surface area contributed by atoms with Crippen molar-refractivity contribution in [2.24, 2.45) is 5.92 Å². The third-order valence-corrected chi connectivity index (χ3v) is 4.86. The highest BCUT2D eigenvalue weighted by Crippen LogP contribution is 2.26. The average molecular weight is 288 g/mol. The van der Waals surface area contributed by atoms with E-state index in [1.165, 1.54) is 49.9 Å². The summed E-state index contributed by atoms with van der Waals surface area (Å²) in [7, 11) is 0. The predicted octanol–water partition coefficient (Wildman–Crippen LogP) is 4.38. The van der Waals surface area contributed by atoms with Gasteiger partial charge in [-0.25, -0.2) is 0 Å². The van der Waals surface area contributed by atoms with E-state index < -0.39 is 0 Å². The van der Waals surface area contributed by atoms with E-state index in [0.717, 1.165) is 19.0 Å². The van der Waals surface area contributed by atoms with E-state index in [1.807, 2.05) is 0 Å². The Balaban J connectivity index is 2.05. The highest BCUT2D eigenvalue weighted by Gasteiger charge is 2.24. The molecule has 2 unspecified atom stereocenters. The predicted molar refractivity (Wildman–Crippen MR) is 93.1 cm³/mol. The summed E-state index contributed by atoms with van der Waals surface area (Å²) in [5.41, 5.74) is 2.72. The van der Waals surface area contributed by atoms with Gasteiger partial charge in [0.15, 0.2) is 0 Å². The lowest BCUT2D eigenvalue weighted by Gasteiger charge is -2.33. The zero-order valence-corrected chi connectivity index (χ0v) is 14.1. The molecule has 1 aliphatic carbocycles. The van der Waals surface area contributed by atoms with Crippen LogP contribution in [0.2, 0.25) is 0 Å². The topological polar surface area (TPSA) is 15.3 Å². The normalized spacial score (nSPS) is 22.8. The minimum atomic E-state index is 0.706. The van der Waals surface area contributed by atoms with E-state index in [9.17, 15) is 0 Å². The molecule has 1 saturated carbocycles. The van der Waals surface area contributed by atoms with Crippen LogP contribution < -0.4 is 10.2 Å². The molecule has 0 radical (unpaired) electrons. The lowest BCUT2D eigenvalue weighted by Crippen LogP contribution is -2.42. The van der Waals surface area contributed by atoms with Gasteiger partial charge in [-0.15, -0.1) is 0 Å². The number of nitrogens with one attached hydrogen (secondary N) is 1. The second-order valence-corrected chi connectivity index (χ2v) is 6.44. The molecule has 0 bridgehead atoms. The van der Waals surface area contributed by atoms with Gasteiger partial charge in [0.1, 0.15) is 0 Å². The maximum atomic E-state index is 3.74. The summed E-state index contributed by atoms with van der Waals surface area (Å²) in [6, 6.07) is 9.71. The van der Waals surface area contributed by atoms with Gasteiger partial charge in [-0.2, -0.15) is 0 Å². The highest BCUT2D eigenvalue weighted by atomic mass is 15.1. The smallest absolute Gasteiger partial charge is 0.0366 e. The number of benzene rings is 1. The molecule has 0 spiro atoms. The van der Waals surface area contributed by atoms with Crippen molar-refractivity contribution in [3.63, 3.8) is 0 Å².